The minimum absolute atomic E-state index is 0.0287. The molecule has 0 bridgehead atoms. The van der Waals surface area contributed by atoms with Gasteiger partial charge in [0.15, 0.2) is 0 Å². The van der Waals surface area contributed by atoms with Gasteiger partial charge in [-0.3, -0.25) is 14.4 Å². The van der Waals surface area contributed by atoms with Crippen LogP contribution >= 0.6 is 23.1 Å². The van der Waals surface area contributed by atoms with E-state index in [2.05, 4.69) is 10.6 Å². The molecule has 204 valence electrons. The molecule has 0 radical (unpaired) electrons. The second-order valence-electron chi connectivity index (χ2n) is 9.25. The summed E-state index contributed by atoms with van der Waals surface area (Å²) in [6.07, 6.45) is 1.08. The second kappa shape index (κ2) is 12.5. The van der Waals surface area contributed by atoms with Crippen molar-refractivity contribution in [3.8, 4) is 0 Å². The Labute approximate surface area is 236 Å². The van der Waals surface area contributed by atoms with Gasteiger partial charge in [0.05, 0.1) is 24.5 Å². The highest BCUT2D eigenvalue weighted by Gasteiger charge is 2.31. The Morgan fingerprint density at radius 1 is 1.10 bits per heavy atom. The van der Waals surface area contributed by atoms with Crippen LogP contribution in [0.4, 0.5) is 10.7 Å². The number of benzene rings is 2. The van der Waals surface area contributed by atoms with Crippen molar-refractivity contribution in [2.75, 3.05) is 24.3 Å². The molecule has 2 heterocycles. The van der Waals surface area contributed by atoms with Crippen LogP contribution in [0.2, 0.25) is 0 Å². The SMILES string of the molecule is CCC(Sc1cccc(NC(=O)c2cccc(C)c2)c1)C(=O)Nc1sc2c(c1C(=O)OC)CCN(C(C)=O)C2. The maximum Gasteiger partial charge on any atom is 0.341 e. The molecule has 2 aromatic carbocycles. The number of rotatable bonds is 8. The van der Waals surface area contributed by atoms with Crippen LogP contribution < -0.4 is 10.6 Å². The summed E-state index contributed by atoms with van der Waals surface area (Å²) in [6, 6.07) is 14.7. The summed E-state index contributed by atoms with van der Waals surface area (Å²) < 4.78 is 5.02. The lowest BCUT2D eigenvalue weighted by atomic mass is 10.0. The monoisotopic (exact) mass is 565 g/mol. The number of hydrogen-bond acceptors (Lipinski definition) is 7. The maximum absolute atomic E-state index is 13.4. The molecule has 0 spiro atoms. The molecular formula is C29H31N3O5S2. The van der Waals surface area contributed by atoms with Gasteiger partial charge in [0.2, 0.25) is 11.8 Å². The largest absolute Gasteiger partial charge is 0.465 e. The number of thiophene rings is 1. The van der Waals surface area contributed by atoms with Gasteiger partial charge in [0, 0.05) is 34.5 Å². The van der Waals surface area contributed by atoms with E-state index in [1.807, 2.05) is 56.3 Å². The molecule has 1 aliphatic heterocycles. The van der Waals surface area contributed by atoms with Crippen molar-refractivity contribution in [1.82, 2.24) is 4.90 Å². The lowest BCUT2D eigenvalue weighted by Crippen LogP contribution is -2.34. The van der Waals surface area contributed by atoms with Gasteiger partial charge in [-0.25, -0.2) is 4.79 Å². The molecule has 1 aromatic heterocycles. The van der Waals surface area contributed by atoms with Crippen LogP contribution in [-0.4, -0.2) is 47.5 Å². The number of ether oxygens (including phenoxy) is 1. The molecule has 3 aromatic rings. The fourth-order valence-electron chi connectivity index (χ4n) is 4.39. The molecule has 1 atom stereocenters. The van der Waals surface area contributed by atoms with E-state index in [-0.39, 0.29) is 17.7 Å². The minimum Gasteiger partial charge on any atom is -0.465 e. The lowest BCUT2D eigenvalue weighted by Gasteiger charge is -2.25. The van der Waals surface area contributed by atoms with Crippen LogP contribution in [0.5, 0.6) is 0 Å². The highest BCUT2D eigenvalue weighted by Crippen LogP contribution is 2.38. The van der Waals surface area contributed by atoms with Crippen LogP contribution in [-0.2, 0) is 27.3 Å². The predicted octanol–water partition coefficient (Wildman–Crippen LogP) is 5.51. The number of amides is 3. The Bertz CT molecular complexity index is 1420. The second-order valence-corrected chi connectivity index (χ2v) is 11.6. The van der Waals surface area contributed by atoms with Gasteiger partial charge < -0.3 is 20.3 Å². The number of aryl methyl sites for hydroxylation is 1. The normalized spacial score (nSPS) is 13.3. The molecule has 1 unspecified atom stereocenters. The van der Waals surface area contributed by atoms with Gasteiger partial charge in [-0.05, 0) is 55.7 Å². The Hall–Kier alpha value is -3.63. The molecule has 0 aliphatic carbocycles. The number of methoxy groups -OCH3 is 1. The minimum atomic E-state index is -0.503. The van der Waals surface area contributed by atoms with Crippen molar-refractivity contribution >= 4 is 57.5 Å². The summed E-state index contributed by atoms with van der Waals surface area (Å²) in [5.74, 6) is -0.967. The number of thioether (sulfide) groups is 1. The summed E-state index contributed by atoms with van der Waals surface area (Å²) in [4.78, 5) is 54.0. The Morgan fingerprint density at radius 2 is 1.87 bits per heavy atom. The van der Waals surface area contributed by atoms with Gasteiger partial charge in [-0.1, -0.05) is 30.7 Å². The van der Waals surface area contributed by atoms with E-state index in [1.54, 1.807) is 11.0 Å². The van der Waals surface area contributed by atoms with Crippen LogP contribution in [0.3, 0.4) is 0 Å². The van der Waals surface area contributed by atoms with Crippen molar-refractivity contribution in [1.29, 1.82) is 0 Å². The van der Waals surface area contributed by atoms with E-state index < -0.39 is 11.2 Å². The number of esters is 1. The summed E-state index contributed by atoms with van der Waals surface area (Å²) >= 11 is 2.70. The molecule has 3 amide bonds. The van der Waals surface area contributed by atoms with Gasteiger partial charge in [-0.2, -0.15) is 0 Å². The highest BCUT2D eigenvalue weighted by atomic mass is 32.2. The molecule has 39 heavy (non-hydrogen) atoms. The average molecular weight is 566 g/mol. The fraction of sp³-hybridized carbons (Fsp3) is 0.310. The smallest absolute Gasteiger partial charge is 0.341 e. The van der Waals surface area contributed by atoms with Crippen LogP contribution in [0, 0.1) is 6.92 Å². The third kappa shape index (κ3) is 6.69. The van der Waals surface area contributed by atoms with Crippen molar-refractivity contribution < 1.29 is 23.9 Å². The summed E-state index contributed by atoms with van der Waals surface area (Å²) in [5, 5.41) is 5.88. The van der Waals surface area contributed by atoms with Crippen LogP contribution in [0.25, 0.3) is 0 Å². The molecule has 0 saturated carbocycles. The molecule has 0 fully saturated rings. The molecule has 1 aliphatic rings. The Morgan fingerprint density at radius 3 is 2.56 bits per heavy atom. The van der Waals surface area contributed by atoms with E-state index in [1.165, 1.54) is 37.1 Å². The van der Waals surface area contributed by atoms with Crippen molar-refractivity contribution in [2.24, 2.45) is 0 Å². The van der Waals surface area contributed by atoms with E-state index in [0.29, 0.717) is 47.7 Å². The third-order valence-electron chi connectivity index (χ3n) is 6.44. The van der Waals surface area contributed by atoms with Crippen LogP contribution in [0.1, 0.15) is 57.0 Å². The summed E-state index contributed by atoms with van der Waals surface area (Å²) in [7, 11) is 1.32. The number of anilines is 2. The van der Waals surface area contributed by atoms with Crippen LogP contribution in [0.15, 0.2) is 53.4 Å². The molecule has 8 nitrogen and oxygen atoms in total. The molecular weight excluding hydrogens is 534 g/mol. The van der Waals surface area contributed by atoms with Gasteiger partial charge >= 0.3 is 5.97 Å². The van der Waals surface area contributed by atoms with Crippen molar-refractivity contribution in [2.45, 2.75) is 50.3 Å². The van der Waals surface area contributed by atoms with Gasteiger partial charge in [-0.15, -0.1) is 23.1 Å². The highest BCUT2D eigenvalue weighted by molar-refractivity contribution is 8.00. The van der Waals surface area contributed by atoms with Crippen molar-refractivity contribution in [3.63, 3.8) is 0 Å². The molecule has 0 saturated heterocycles. The number of nitrogens with zero attached hydrogens (tertiary/aromatic N) is 1. The quantitative estimate of drug-likeness (QED) is 0.276. The first kappa shape index (κ1) is 28.4. The van der Waals surface area contributed by atoms with Crippen molar-refractivity contribution in [3.05, 3.63) is 75.7 Å². The predicted molar refractivity (Wildman–Crippen MR) is 155 cm³/mol. The van der Waals surface area contributed by atoms with E-state index in [4.69, 9.17) is 4.74 Å². The number of fused-ring (bicyclic) bond motifs is 1. The third-order valence-corrected chi connectivity index (χ3v) is 8.93. The van der Waals surface area contributed by atoms with E-state index in [9.17, 15) is 19.2 Å². The first-order chi connectivity index (χ1) is 18.7. The zero-order valence-corrected chi connectivity index (χ0v) is 24.0. The Kier molecular flexibility index (Phi) is 9.08. The summed E-state index contributed by atoms with van der Waals surface area (Å²) in [5.41, 5.74) is 3.41. The van der Waals surface area contributed by atoms with E-state index >= 15 is 0 Å². The zero-order chi connectivity index (χ0) is 28.1. The number of carbonyl (C=O) groups is 4. The molecule has 10 heteroatoms. The zero-order valence-electron chi connectivity index (χ0n) is 22.3. The first-order valence-electron chi connectivity index (χ1n) is 12.6. The van der Waals surface area contributed by atoms with Gasteiger partial charge in [0.25, 0.3) is 5.91 Å². The number of nitrogens with one attached hydrogen (secondary N) is 2. The maximum atomic E-state index is 13.4. The first-order valence-corrected chi connectivity index (χ1v) is 14.3. The Balaban J connectivity index is 1.49. The standard InChI is InChI=1S/C29H31N3O5S2/c1-5-23(38-21-11-7-10-20(15-21)30-26(34)19-9-6-8-17(2)14-19)27(35)31-28-25(29(36)37-4)22-12-13-32(18(3)33)16-24(22)39-28/h6-11,14-15,23H,5,12-13,16H2,1-4H3,(H,30,34)(H,31,35). The van der Waals surface area contributed by atoms with E-state index in [0.717, 1.165) is 20.9 Å². The summed E-state index contributed by atoms with van der Waals surface area (Å²) in [6.45, 7) is 6.30. The molecule has 4 rings (SSSR count). The average Bonchev–Trinajstić information content (AvgIpc) is 3.28. The number of hydrogen-bond donors (Lipinski definition) is 2. The molecule has 2 N–H and O–H groups in total. The number of carbonyl (C=O) groups excluding carboxylic acids is 4. The fourth-order valence-corrected chi connectivity index (χ4v) is 6.66. The van der Waals surface area contributed by atoms with Gasteiger partial charge in [0.1, 0.15) is 5.00 Å². The topological polar surface area (TPSA) is 105 Å². The lowest BCUT2D eigenvalue weighted by molar-refractivity contribution is -0.129.